The maximum atomic E-state index is 11.6. The fraction of sp³-hybridized carbons (Fsp3) is 0. The number of fused-ring (bicyclic) bond motifs is 1. The van der Waals surface area contributed by atoms with Crippen LogP contribution < -0.4 is 5.56 Å². The highest BCUT2D eigenvalue weighted by atomic mass is 79.9. The molecule has 0 aliphatic rings. The first-order valence-electron chi connectivity index (χ1n) is 5.62. The van der Waals surface area contributed by atoms with Crippen molar-refractivity contribution in [3.05, 3.63) is 51.6 Å². The molecule has 3 aromatic rings. The van der Waals surface area contributed by atoms with Crippen LogP contribution in [-0.2, 0) is 0 Å². The summed E-state index contributed by atoms with van der Waals surface area (Å²) in [6.07, 6.45) is 4.79. The highest BCUT2D eigenvalue weighted by Crippen LogP contribution is 2.31. The summed E-state index contributed by atoms with van der Waals surface area (Å²) in [6.45, 7) is 0. The van der Waals surface area contributed by atoms with Gasteiger partial charge < -0.3 is 10.3 Å². The van der Waals surface area contributed by atoms with Crippen LogP contribution >= 0.6 is 15.9 Å². The molecular formula is C13H8BrN3O3. The standard InChI is InChI=1S/C13H8BrN3O3/c14-10-11(18)9-5-8(7-1-3-15-4-2-7)6-16-12(9)17(20)13(10)19/h1-6,18,20H. The fourth-order valence-electron chi connectivity index (χ4n) is 1.91. The second-order valence-electron chi connectivity index (χ2n) is 4.11. The lowest BCUT2D eigenvalue weighted by Crippen LogP contribution is -2.19. The first-order valence-corrected chi connectivity index (χ1v) is 6.42. The number of pyridine rings is 3. The van der Waals surface area contributed by atoms with Crippen molar-refractivity contribution in [3.8, 4) is 16.9 Å². The number of nitrogens with zero attached hydrogens (tertiary/aromatic N) is 3. The number of aromatic nitrogens is 3. The average Bonchev–Trinajstić information content (AvgIpc) is 2.51. The van der Waals surface area contributed by atoms with Gasteiger partial charge in [0, 0.05) is 24.2 Å². The molecule has 0 atom stereocenters. The van der Waals surface area contributed by atoms with Gasteiger partial charge in [-0.3, -0.25) is 9.78 Å². The van der Waals surface area contributed by atoms with Crippen LogP contribution in [0, 0.1) is 0 Å². The zero-order valence-electron chi connectivity index (χ0n) is 9.99. The zero-order valence-corrected chi connectivity index (χ0v) is 11.6. The Kier molecular flexibility index (Phi) is 2.90. The van der Waals surface area contributed by atoms with Crippen molar-refractivity contribution in [3.63, 3.8) is 0 Å². The van der Waals surface area contributed by atoms with Gasteiger partial charge in [-0.25, -0.2) is 4.98 Å². The normalized spacial score (nSPS) is 10.8. The maximum absolute atomic E-state index is 11.6. The highest BCUT2D eigenvalue weighted by Gasteiger charge is 2.15. The largest absolute Gasteiger partial charge is 0.506 e. The quantitative estimate of drug-likeness (QED) is 0.666. The van der Waals surface area contributed by atoms with E-state index in [0.717, 1.165) is 11.1 Å². The average molecular weight is 334 g/mol. The predicted molar refractivity (Wildman–Crippen MR) is 75.8 cm³/mol. The van der Waals surface area contributed by atoms with Gasteiger partial charge in [-0.1, -0.05) is 0 Å². The van der Waals surface area contributed by atoms with Gasteiger partial charge in [-0.05, 0) is 39.7 Å². The number of rotatable bonds is 1. The topological polar surface area (TPSA) is 88.2 Å². The molecule has 0 amide bonds. The minimum atomic E-state index is -0.765. The lowest BCUT2D eigenvalue weighted by molar-refractivity contribution is 0.185. The Morgan fingerprint density at radius 2 is 1.90 bits per heavy atom. The lowest BCUT2D eigenvalue weighted by atomic mass is 10.1. The molecule has 0 aromatic carbocycles. The molecule has 20 heavy (non-hydrogen) atoms. The van der Waals surface area contributed by atoms with Crippen molar-refractivity contribution < 1.29 is 10.3 Å². The second kappa shape index (κ2) is 4.61. The molecule has 0 unspecified atom stereocenters. The Morgan fingerprint density at radius 3 is 2.60 bits per heavy atom. The number of aromatic hydroxyl groups is 1. The van der Waals surface area contributed by atoms with Gasteiger partial charge in [0.1, 0.15) is 10.2 Å². The zero-order chi connectivity index (χ0) is 14.3. The summed E-state index contributed by atoms with van der Waals surface area (Å²) in [4.78, 5) is 19.6. The summed E-state index contributed by atoms with van der Waals surface area (Å²) in [5.41, 5.74) is 0.828. The minimum absolute atomic E-state index is 0.00601. The fourth-order valence-corrected chi connectivity index (χ4v) is 2.29. The van der Waals surface area contributed by atoms with Crippen LogP contribution in [0.1, 0.15) is 0 Å². The van der Waals surface area contributed by atoms with E-state index in [-0.39, 0.29) is 21.3 Å². The van der Waals surface area contributed by atoms with Gasteiger partial charge in [-0.15, -0.1) is 4.73 Å². The van der Waals surface area contributed by atoms with Crippen LogP contribution in [0.3, 0.4) is 0 Å². The van der Waals surface area contributed by atoms with Crippen molar-refractivity contribution in [2.45, 2.75) is 0 Å². The summed E-state index contributed by atoms with van der Waals surface area (Å²) < 4.78 is 0.288. The Bertz CT molecular complexity index is 862. The van der Waals surface area contributed by atoms with E-state index < -0.39 is 5.56 Å². The summed E-state index contributed by atoms with van der Waals surface area (Å²) in [6, 6.07) is 5.23. The van der Waals surface area contributed by atoms with E-state index in [1.165, 1.54) is 6.20 Å². The van der Waals surface area contributed by atoms with E-state index >= 15 is 0 Å². The molecule has 3 heterocycles. The van der Waals surface area contributed by atoms with E-state index in [1.807, 2.05) is 0 Å². The highest BCUT2D eigenvalue weighted by molar-refractivity contribution is 9.10. The van der Waals surface area contributed by atoms with Crippen molar-refractivity contribution in [1.82, 2.24) is 14.7 Å². The molecule has 0 fully saturated rings. The summed E-state index contributed by atoms with van der Waals surface area (Å²) in [5, 5.41) is 20.0. The Balaban J connectivity index is 2.35. The van der Waals surface area contributed by atoms with Crippen molar-refractivity contribution in [2.24, 2.45) is 0 Å². The molecule has 0 saturated carbocycles. The van der Waals surface area contributed by atoms with Crippen molar-refractivity contribution in [1.29, 1.82) is 0 Å². The Morgan fingerprint density at radius 1 is 1.20 bits per heavy atom. The Labute approximate surface area is 121 Å². The smallest absolute Gasteiger partial charge is 0.302 e. The molecule has 0 aliphatic heterocycles. The molecular weight excluding hydrogens is 326 g/mol. The van der Waals surface area contributed by atoms with Crippen LogP contribution in [0.15, 0.2) is 46.1 Å². The molecule has 0 bridgehead atoms. The van der Waals surface area contributed by atoms with Crippen LogP contribution in [0.2, 0.25) is 0 Å². The lowest BCUT2D eigenvalue weighted by Gasteiger charge is -2.08. The minimum Gasteiger partial charge on any atom is -0.506 e. The summed E-state index contributed by atoms with van der Waals surface area (Å²) in [5.74, 6) is -0.251. The first kappa shape index (κ1) is 12.6. The molecule has 100 valence electrons. The van der Waals surface area contributed by atoms with Gasteiger partial charge in [0.05, 0.1) is 5.39 Å². The molecule has 7 heteroatoms. The number of halogens is 1. The molecule has 0 spiro atoms. The third-order valence-corrected chi connectivity index (χ3v) is 3.64. The second-order valence-corrected chi connectivity index (χ2v) is 4.90. The molecule has 0 radical (unpaired) electrons. The van der Waals surface area contributed by atoms with E-state index in [2.05, 4.69) is 25.9 Å². The molecule has 0 aliphatic carbocycles. The van der Waals surface area contributed by atoms with Gasteiger partial charge >= 0.3 is 5.56 Å². The van der Waals surface area contributed by atoms with E-state index in [9.17, 15) is 15.1 Å². The maximum Gasteiger partial charge on any atom is 0.302 e. The molecule has 6 nitrogen and oxygen atoms in total. The molecule has 3 aromatic heterocycles. The van der Waals surface area contributed by atoms with Crippen LogP contribution in [0.25, 0.3) is 22.2 Å². The molecule has 2 N–H and O–H groups in total. The third-order valence-electron chi connectivity index (χ3n) is 2.92. The van der Waals surface area contributed by atoms with Crippen molar-refractivity contribution >= 4 is 27.0 Å². The summed E-state index contributed by atoms with van der Waals surface area (Å²) in [7, 11) is 0. The van der Waals surface area contributed by atoms with E-state index in [1.54, 1.807) is 30.6 Å². The van der Waals surface area contributed by atoms with Gasteiger partial charge in [0.25, 0.3) is 0 Å². The third kappa shape index (κ3) is 1.83. The first-order chi connectivity index (χ1) is 9.59. The van der Waals surface area contributed by atoms with Gasteiger partial charge in [-0.2, -0.15) is 0 Å². The summed E-state index contributed by atoms with van der Waals surface area (Å²) >= 11 is 2.95. The molecule has 0 saturated heterocycles. The van der Waals surface area contributed by atoms with Crippen LogP contribution in [0.4, 0.5) is 0 Å². The van der Waals surface area contributed by atoms with Gasteiger partial charge in [0.15, 0.2) is 5.65 Å². The monoisotopic (exact) mass is 333 g/mol. The van der Waals surface area contributed by atoms with E-state index in [0.29, 0.717) is 4.73 Å². The molecule has 3 rings (SSSR count). The number of hydrogen-bond acceptors (Lipinski definition) is 5. The number of hydrogen-bond donors (Lipinski definition) is 2. The Hall–Kier alpha value is -2.41. The van der Waals surface area contributed by atoms with Crippen LogP contribution in [-0.4, -0.2) is 25.0 Å². The SMILES string of the molecule is O=c1c(Br)c(O)c2cc(-c3ccncc3)cnc2n1O. The van der Waals surface area contributed by atoms with Crippen molar-refractivity contribution in [2.75, 3.05) is 0 Å². The predicted octanol–water partition coefficient (Wildman–Crippen LogP) is 2.16. The van der Waals surface area contributed by atoms with Crippen LogP contribution in [0.5, 0.6) is 5.75 Å². The van der Waals surface area contributed by atoms with Gasteiger partial charge in [0.2, 0.25) is 0 Å². The van der Waals surface area contributed by atoms with E-state index in [4.69, 9.17) is 0 Å².